The molecule has 6 atom stereocenters. The number of hydrogen-bond acceptors (Lipinski definition) is 8. The van der Waals surface area contributed by atoms with E-state index in [2.05, 4.69) is 72.7 Å². The molecular weight excluding hydrogens is 861 g/mol. The smallest absolute Gasteiger partial charge is 0.200 e. The van der Waals surface area contributed by atoms with Crippen LogP contribution in [0.4, 0.5) is 0 Å². The molecule has 0 radical (unpaired) electrons. The first kappa shape index (κ1) is 71.6. The van der Waals surface area contributed by atoms with Gasteiger partial charge < -0.3 is 14.3 Å². The summed E-state index contributed by atoms with van der Waals surface area (Å²) in [5, 5.41) is 0. The van der Waals surface area contributed by atoms with E-state index < -0.39 is 0 Å². The number of ether oxygens (including phenoxy) is 1. The molecule has 1 saturated carbocycles. The third kappa shape index (κ3) is 40.5. The summed E-state index contributed by atoms with van der Waals surface area (Å²) in [7, 11) is 0. The van der Waals surface area contributed by atoms with Crippen LogP contribution in [0.2, 0.25) is 0 Å². The molecule has 3 rings (SSSR count). The molecule has 0 saturated heterocycles. The third-order valence-corrected chi connectivity index (χ3v) is 12.7. The molecule has 0 spiro atoms. The van der Waals surface area contributed by atoms with Gasteiger partial charge >= 0.3 is 0 Å². The number of benzene rings is 2. The van der Waals surface area contributed by atoms with Crippen LogP contribution < -0.4 is 0 Å². The van der Waals surface area contributed by atoms with Gasteiger partial charge in [0.2, 0.25) is 5.78 Å². The molecule has 0 N–H and O–H groups in total. The van der Waals surface area contributed by atoms with Crippen molar-refractivity contribution in [3.63, 3.8) is 0 Å². The molecule has 8 heteroatoms. The van der Waals surface area contributed by atoms with E-state index in [1.807, 2.05) is 64.0 Å². The minimum absolute atomic E-state index is 0.0706. The molecule has 0 bridgehead atoms. The quantitative estimate of drug-likeness (QED) is 0.0751. The monoisotopic (exact) mass is 965 g/mol. The number of Topliss-reactive ketones (excluding diaryl/α,β-unsaturated/α-hetero) is 6. The number of carbonyl (C=O) groups is 7. The lowest BCUT2D eigenvalue weighted by Crippen LogP contribution is -2.24. The number of carbonyl (C=O) groups excluding carboxylic acids is 7. The first-order valence-corrected chi connectivity index (χ1v) is 26.7. The van der Waals surface area contributed by atoms with Gasteiger partial charge in [0, 0.05) is 50.2 Å². The van der Waals surface area contributed by atoms with Crippen molar-refractivity contribution >= 4 is 41.5 Å². The van der Waals surface area contributed by atoms with Gasteiger partial charge in [-0.25, -0.2) is 0 Å². The van der Waals surface area contributed by atoms with E-state index in [-0.39, 0.29) is 35.1 Å². The van der Waals surface area contributed by atoms with Gasteiger partial charge in [0.05, 0.1) is 0 Å². The second-order valence-electron chi connectivity index (χ2n) is 19.5. The minimum atomic E-state index is -0.329. The number of unbranched alkanes of at least 4 members (excludes halogenated alkanes) is 3. The van der Waals surface area contributed by atoms with Crippen molar-refractivity contribution in [3.8, 4) is 0 Å². The van der Waals surface area contributed by atoms with Crippen LogP contribution in [0.5, 0.6) is 0 Å². The van der Waals surface area contributed by atoms with Gasteiger partial charge in [-0.05, 0) is 114 Å². The predicted molar refractivity (Wildman–Crippen MR) is 292 cm³/mol. The van der Waals surface area contributed by atoms with Crippen molar-refractivity contribution in [2.45, 2.75) is 225 Å². The average molecular weight is 965 g/mol. The number of rotatable bonds is 24. The van der Waals surface area contributed by atoms with Crippen LogP contribution in [-0.4, -0.2) is 54.7 Å². The van der Waals surface area contributed by atoms with Gasteiger partial charge in [0.25, 0.3) is 0 Å². The number of hydrogen-bond donors (Lipinski definition) is 0. The lowest BCUT2D eigenvalue weighted by atomic mass is 9.76. The van der Waals surface area contributed by atoms with Crippen LogP contribution >= 0.6 is 0 Å². The highest BCUT2D eigenvalue weighted by Crippen LogP contribution is 2.33. The SMILES string of the molecule is C=O.CC(=O)C(C)CCC(C)c1ccccc1.CCC(C)C(=O)C(C)=O.CCC(C)C(C(C)=O)c1ccccc1.CCCCC(C(C)=O)C1CCCCC1.CCCCCC(C)=O.CCOCC(C)C. The summed E-state index contributed by atoms with van der Waals surface area (Å²) in [5.41, 5.74) is 2.52. The first-order chi connectivity index (χ1) is 32.7. The number of ketones is 6. The summed E-state index contributed by atoms with van der Waals surface area (Å²) in [6.07, 6.45) is 18.4. The zero-order valence-corrected chi connectivity index (χ0v) is 47.1. The van der Waals surface area contributed by atoms with Crippen molar-refractivity contribution < 1.29 is 38.3 Å². The molecule has 0 amide bonds. The van der Waals surface area contributed by atoms with Gasteiger partial charge in [0.15, 0.2) is 5.78 Å². The Morgan fingerprint density at radius 3 is 1.43 bits per heavy atom. The molecule has 1 aliphatic rings. The molecule has 8 nitrogen and oxygen atoms in total. The lowest BCUT2D eigenvalue weighted by Gasteiger charge is -2.28. The van der Waals surface area contributed by atoms with Crippen LogP contribution in [-0.2, 0) is 38.3 Å². The van der Waals surface area contributed by atoms with E-state index in [0.29, 0.717) is 46.9 Å². The zero-order valence-electron chi connectivity index (χ0n) is 47.1. The average Bonchev–Trinajstić information content (AvgIpc) is 3.34. The highest BCUT2D eigenvalue weighted by Gasteiger charge is 2.26. The van der Waals surface area contributed by atoms with Gasteiger partial charge in [-0.15, -0.1) is 0 Å². The van der Waals surface area contributed by atoms with Gasteiger partial charge in [0.1, 0.15) is 29.9 Å². The molecular formula is C61H104O8. The Hall–Kier alpha value is -3.91. The standard InChI is InChI=1S/C14H20O.C13H18O.C13H24O.C7H12O2.C7H14O.C6H14O.CH2O/c1-11(13(3)15)9-10-12(2)14-7-5-4-6-8-14;1-4-10(2)13(11(3)14)12-8-6-5-7-9-12;1-3-4-10-13(11(2)14)12-8-6-5-7-9-12;1-4-5(2)7(9)6(3)8;1-3-4-5-6-7(2)8;1-4-7-5-6(2)3;1-2/h4-8,11-12H,9-10H2,1-3H3;5-10,13H,4H2,1-3H3;12-13H,3-10H2,1-2H3;5H,4H2,1-3H3;3-6H2,1-2H3;6H,4-5H2,1-3H3;1H2. The Balaban J connectivity index is -0.000000373. The molecule has 2 aromatic rings. The largest absolute Gasteiger partial charge is 0.381 e. The maximum absolute atomic E-state index is 11.5. The second-order valence-corrected chi connectivity index (χ2v) is 19.5. The van der Waals surface area contributed by atoms with E-state index >= 15 is 0 Å². The van der Waals surface area contributed by atoms with E-state index in [4.69, 9.17) is 9.53 Å². The summed E-state index contributed by atoms with van der Waals surface area (Å²) >= 11 is 0. The highest BCUT2D eigenvalue weighted by molar-refractivity contribution is 6.36. The fraction of sp³-hybridized carbons (Fsp3) is 0.689. The van der Waals surface area contributed by atoms with Crippen LogP contribution in [0, 0.1) is 35.5 Å². The van der Waals surface area contributed by atoms with E-state index in [0.717, 1.165) is 63.7 Å². The zero-order chi connectivity index (χ0) is 53.7. The van der Waals surface area contributed by atoms with Crippen LogP contribution in [0.1, 0.15) is 236 Å². The summed E-state index contributed by atoms with van der Waals surface area (Å²) < 4.78 is 5.09. The maximum Gasteiger partial charge on any atom is 0.200 e. The molecule has 0 heterocycles. The van der Waals surface area contributed by atoms with Crippen LogP contribution in [0.25, 0.3) is 0 Å². The van der Waals surface area contributed by atoms with E-state index in [9.17, 15) is 28.8 Å². The highest BCUT2D eigenvalue weighted by atomic mass is 16.5. The summed E-state index contributed by atoms with van der Waals surface area (Å²) in [4.78, 5) is 73.6. The molecule has 2 aromatic carbocycles. The van der Waals surface area contributed by atoms with Crippen molar-refractivity contribution in [2.75, 3.05) is 13.2 Å². The first-order valence-electron chi connectivity index (χ1n) is 26.7. The maximum atomic E-state index is 11.5. The second kappa shape index (κ2) is 47.8. The van der Waals surface area contributed by atoms with Crippen molar-refractivity contribution in [1.29, 1.82) is 0 Å². The van der Waals surface area contributed by atoms with Gasteiger partial charge in [-0.2, -0.15) is 0 Å². The molecule has 0 aromatic heterocycles. The molecule has 0 aliphatic heterocycles. The molecule has 6 unspecified atom stereocenters. The Kier molecular flexibility index (Phi) is 49.6. The Morgan fingerprint density at radius 2 is 1.09 bits per heavy atom. The predicted octanol–water partition coefficient (Wildman–Crippen LogP) is 16.0. The van der Waals surface area contributed by atoms with Crippen molar-refractivity contribution in [1.82, 2.24) is 0 Å². The van der Waals surface area contributed by atoms with Gasteiger partial charge in [-0.1, -0.05) is 181 Å². The van der Waals surface area contributed by atoms with Gasteiger partial charge in [-0.3, -0.25) is 24.0 Å². The fourth-order valence-electron chi connectivity index (χ4n) is 7.75. The Labute approximate surface area is 424 Å². The van der Waals surface area contributed by atoms with E-state index in [1.54, 1.807) is 34.6 Å². The Bertz CT molecular complexity index is 1560. The Morgan fingerprint density at radius 1 is 0.580 bits per heavy atom. The third-order valence-electron chi connectivity index (χ3n) is 12.7. The molecule has 1 fully saturated rings. The van der Waals surface area contributed by atoms with Crippen molar-refractivity contribution in [2.24, 2.45) is 35.5 Å². The minimum Gasteiger partial charge on any atom is -0.381 e. The lowest BCUT2D eigenvalue weighted by molar-refractivity contribution is -0.137. The topological polar surface area (TPSA) is 129 Å². The summed E-state index contributed by atoms with van der Waals surface area (Å²) in [6, 6.07) is 20.5. The van der Waals surface area contributed by atoms with E-state index in [1.165, 1.54) is 70.3 Å². The molecule has 1 aliphatic carbocycles. The van der Waals surface area contributed by atoms with Crippen LogP contribution in [0.3, 0.4) is 0 Å². The summed E-state index contributed by atoms with van der Waals surface area (Å²) in [5.74, 6) is 3.68. The normalized spacial score (nSPS) is 14.2. The summed E-state index contributed by atoms with van der Waals surface area (Å²) in [6.45, 7) is 34.7. The molecule has 396 valence electrons. The van der Waals surface area contributed by atoms with Crippen LogP contribution in [0.15, 0.2) is 60.7 Å². The van der Waals surface area contributed by atoms with Crippen molar-refractivity contribution in [3.05, 3.63) is 71.8 Å². The fourth-order valence-corrected chi connectivity index (χ4v) is 7.75. The molecule has 69 heavy (non-hydrogen) atoms.